The number of halogens is 4. The number of guanidine groups is 1. The number of benzene rings is 1. The summed E-state index contributed by atoms with van der Waals surface area (Å²) in [5, 5.41) is 2.87. The Bertz CT molecular complexity index is 588. The Hall–Kier alpha value is -1.27. The van der Waals surface area contributed by atoms with E-state index in [2.05, 4.69) is 19.9 Å². The lowest BCUT2D eigenvalue weighted by Gasteiger charge is -2.41. The highest BCUT2D eigenvalue weighted by atomic mass is 127. The van der Waals surface area contributed by atoms with Crippen molar-refractivity contribution >= 4 is 35.6 Å². The van der Waals surface area contributed by atoms with Crippen molar-refractivity contribution in [3.63, 3.8) is 0 Å². The van der Waals surface area contributed by atoms with E-state index >= 15 is 0 Å². The third-order valence-electron chi connectivity index (χ3n) is 4.28. The number of likely N-dealkylation sites (N-methyl/N-ethyl adjacent to an activating group) is 1. The third-order valence-corrected chi connectivity index (χ3v) is 4.28. The van der Waals surface area contributed by atoms with E-state index in [-0.39, 0.29) is 41.2 Å². The maximum Gasteiger partial charge on any atom is 0.573 e. The summed E-state index contributed by atoms with van der Waals surface area (Å²) in [7, 11) is 4.01. The second kappa shape index (κ2) is 9.60. The van der Waals surface area contributed by atoms with E-state index in [9.17, 15) is 13.2 Å². The molecule has 3 N–H and O–H groups in total. The number of hydrogen-bond acceptors (Lipinski definition) is 4. The number of alkyl halides is 3. The number of ether oxygens (including phenoxy) is 2. The van der Waals surface area contributed by atoms with Gasteiger partial charge in [0, 0.05) is 24.4 Å². The van der Waals surface area contributed by atoms with Crippen LogP contribution < -0.4 is 15.8 Å². The Labute approximate surface area is 167 Å². The molecule has 0 amide bonds. The molecule has 0 radical (unpaired) electrons. The molecule has 0 unspecified atom stereocenters. The smallest absolute Gasteiger partial charge is 0.406 e. The number of nitrogens with two attached hydrogens (primary N) is 1. The van der Waals surface area contributed by atoms with E-state index in [1.54, 1.807) is 0 Å². The van der Waals surface area contributed by atoms with Crippen molar-refractivity contribution in [2.24, 2.45) is 10.7 Å². The standard InChI is InChI=1S/C16H23F3N4O2.HI/c1-23(2)15(7-9-24-10-8-15)11-21-14(20)22-12-3-5-13(6-4-12)25-16(17,18)19;/h3-6H,7-11H2,1-2H3,(H3,20,21,22);1H. The maximum absolute atomic E-state index is 12.1. The molecule has 0 atom stereocenters. The topological polar surface area (TPSA) is 72.1 Å². The summed E-state index contributed by atoms with van der Waals surface area (Å²) in [4.78, 5) is 6.53. The van der Waals surface area contributed by atoms with Gasteiger partial charge in [-0.2, -0.15) is 0 Å². The monoisotopic (exact) mass is 488 g/mol. The fraction of sp³-hybridized carbons (Fsp3) is 0.562. The highest BCUT2D eigenvalue weighted by molar-refractivity contribution is 14.0. The van der Waals surface area contributed by atoms with E-state index in [4.69, 9.17) is 10.5 Å². The molecule has 1 aromatic rings. The number of anilines is 1. The first-order chi connectivity index (χ1) is 11.7. The summed E-state index contributed by atoms with van der Waals surface area (Å²) >= 11 is 0. The average molecular weight is 488 g/mol. The highest BCUT2D eigenvalue weighted by Crippen LogP contribution is 2.26. The predicted molar refractivity (Wildman–Crippen MR) is 105 cm³/mol. The van der Waals surface area contributed by atoms with Gasteiger partial charge in [0.25, 0.3) is 0 Å². The zero-order valence-electron chi connectivity index (χ0n) is 14.7. The van der Waals surface area contributed by atoms with E-state index < -0.39 is 6.36 Å². The zero-order valence-corrected chi connectivity index (χ0v) is 17.0. The van der Waals surface area contributed by atoms with Crippen LogP contribution in [0.4, 0.5) is 18.9 Å². The van der Waals surface area contributed by atoms with Crippen molar-refractivity contribution in [3.05, 3.63) is 24.3 Å². The van der Waals surface area contributed by atoms with E-state index in [1.165, 1.54) is 24.3 Å². The van der Waals surface area contributed by atoms with Gasteiger partial charge in [0.1, 0.15) is 5.75 Å². The van der Waals surface area contributed by atoms with Gasteiger partial charge in [-0.15, -0.1) is 37.1 Å². The molecule has 1 aliphatic heterocycles. The fourth-order valence-electron chi connectivity index (χ4n) is 2.66. The molecular weight excluding hydrogens is 464 g/mol. The van der Waals surface area contributed by atoms with Gasteiger partial charge in [-0.3, -0.25) is 4.99 Å². The molecule has 0 aromatic heterocycles. The summed E-state index contributed by atoms with van der Waals surface area (Å²) in [6, 6.07) is 5.31. The van der Waals surface area contributed by atoms with E-state index in [0.29, 0.717) is 25.4 Å². The summed E-state index contributed by atoms with van der Waals surface area (Å²) in [6.07, 6.45) is -2.99. The first-order valence-electron chi connectivity index (χ1n) is 7.88. The zero-order chi connectivity index (χ0) is 18.5. The van der Waals surface area contributed by atoms with Gasteiger partial charge < -0.3 is 25.4 Å². The molecule has 0 aliphatic carbocycles. The van der Waals surface area contributed by atoms with Crippen LogP contribution in [0.3, 0.4) is 0 Å². The molecule has 26 heavy (non-hydrogen) atoms. The molecule has 1 aromatic carbocycles. The fourth-order valence-corrected chi connectivity index (χ4v) is 2.66. The van der Waals surface area contributed by atoms with Crippen molar-refractivity contribution in [1.29, 1.82) is 0 Å². The minimum atomic E-state index is -4.71. The van der Waals surface area contributed by atoms with Crippen molar-refractivity contribution in [2.75, 3.05) is 39.2 Å². The number of hydrogen-bond donors (Lipinski definition) is 2. The second-order valence-corrected chi connectivity index (χ2v) is 6.13. The quantitative estimate of drug-likeness (QED) is 0.379. The van der Waals surface area contributed by atoms with Crippen LogP contribution in [0.15, 0.2) is 29.3 Å². The van der Waals surface area contributed by atoms with Crippen LogP contribution in [0.25, 0.3) is 0 Å². The van der Waals surface area contributed by atoms with Gasteiger partial charge in [0.15, 0.2) is 5.96 Å². The number of nitrogens with one attached hydrogen (secondary N) is 1. The van der Waals surface area contributed by atoms with Crippen molar-refractivity contribution in [2.45, 2.75) is 24.7 Å². The molecule has 2 rings (SSSR count). The molecular formula is C16H24F3IN4O2. The largest absolute Gasteiger partial charge is 0.573 e. The lowest BCUT2D eigenvalue weighted by Crippen LogP contribution is -2.51. The Morgan fingerprint density at radius 2 is 1.85 bits per heavy atom. The van der Waals surface area contributed by atoms with Crippen LogP contribution in [0.2, 0.25) is 0 Å². The van der Waals surface area contributed by atoms with Gasteiger partial charge in [-0.1, -0.05) is 0 Å². The lowest BCUT2D eigenvalue weighted by molar-refractivity contribution is -0.274. The third kappa shape index (κ3) is 6.80. The van der Waals surface area contributed by atoms with Crippen molar-refractivity contribution in [3.8, 4) is 5.75 Å². The molecule has 10 heteroatoms. The first-order valence-corrected chi connectivity index (χ1v) is 7.88. The van der Waals surface area contributed by atoms with Gasteiger partial charge in [0.2, 0.25) is 0 Å². The maximum atomic E-state index is 12.1. The minimum absolute atomic E-state index is 0. The summed E-state index contributed by atoms with van der Waals surface area (Å²) in [5.41, 5.74) is 6.33. The van der Waals surface area contributed by atoms with Crippen molar-refractivity contribution in [1.82, 2.24) is 4.90 Å². The van der Waals surface area contributed by atoms with Crippen LogP contribution >= 0.6 is 24.0 Å². The van der Waals surface area contributed by atoms with Gasteiger partial charge in [-0.25, -0.2) is 0 Å². The molecule has 0 bridgehead atoms. The number of rotatable bonds is 5. The Kier molecular flexibility index (Phi) is 8.41. The highest BCUT2D eigenvalue weighted by Gasteiger charge is 2.34. The molecule has 1 heterocycles. The van der Waals surface area contributed by atoms with E-state index in [1.807, 2.05) is 14.1 Å². The molecule has 0 spiro atoms. The van der Waals surface area contributed by atoms with Gasteiger partial charge in [0.05, 0.1) is 6.54 Å². The van der Waals surface area contributed by atoms with Gasteiger partial charge in [-0.05, 0) is 51.2 Å². The number of aliphatic imine (C=N–C) groups is 1. The van der Waals surface area contributed by atoms with Gasteiger partial charge >= 0.3 is 6.36 Å². The van der Waals surface area contributed by atoms with E-state index in [0.717, 1.165) is 12.8 Å². The second-order valence-electron chi connectivity index (χ2n) is 6.13. The average Bonchev–Trinajstić information content (AvgIpc) is 2.54. The van der Waals surface area contributed by atoms with Crippen LogP contribution in [0.1, 0.15) is 12.8 Å². The lowest BCUT2D eigenvalue weighted by atomic mass is 9.89. The van der Waals surface area contributed by atoms with Crippen LogP contribution in [-0.4, -0.2) is 56.6 Å². The summed E-state index contributed by atoms with van der Waals surface area (Å²) in [6.45, 7) is 1.88. The molecule has 148 valence electrons. The predicted octanol–water partition coefficient (Wildman–Crippen LogP) is 3.04. The Balaban J connectivity index is 0.00000338. The minimum Gasteiger partial charge on any atom is -0.406 e. The van der Waals surface area contributed by atoms with Crippen LogP contribution in [-0.2, 0) is 4.74 Å². The molecule has 1 aliphatic rings. The normalized spacial score (nSPS) is 17.5. The van der Waals surface area contributed by atoms with Crippen LogP contribution in [0.5, 0.6) is 5.75 Å². The Morgan fingerprint density at radius 1 is 1.27 bits per heavy atom. The number of nitrogens with zero attached hydrogens (tertiary/aromatic N) is 2. The van der Waals surface area contributed by atoms with Crippen LogP contribution in [0, 0.1) is 0 Å². The molecule has 6 nitrogen and oxygen atoms in total. The van der Waals surface area contributed by atoms with Crippen molar-refractivity contribution < 1.29 is 22.6 Å². The summed E-state index contributed by atoms with van der Waals surface area (Å²) < 4.78 is 45.7. The first kappa shape index (κ1) is 22.8. The summed E-state index contributed by atoms with van der Waals surface area (Å²) in [5.74, 6) is -0.0838. The SMILES string of the molecule is CN(C)C1(CN=C(N)Nc2ccc(OC(F)(F)F)cc2)CCOCC1.I. The Morgan fingerprint density at radius 3 is 2.35 bits per heavy atom. The molecule has 0 saturated carbocycles. The molecule has 1 saturated heterocycles. The molecule has 1 fully saturated rings.